The summed E-state index contributed by atoms with van der Waals surface area (Å²) in [5.41, 5.74) is 0. The minimum Gasteiger partial charge on any atom is -0.492 e. The summed E-state index contributed by atoms with van der Waals surface area (Å²) in [6.07, 6.45) is 4.99. The summed E-state index contributed by atoms with van der Waals surface area (Å²) in [4.78, 5) is 16.3. The van der Waals surface area contributed by atoms with E-state index in [-0.39, 0.29) is 31.4 Å². The van der Waals surface area contributed by atoms with Gasteiger partial charge in [0.2, 0.25) is 11.8 Å². The van der Waals surface area contributed by atoms with Crippen LogP contribution in [0.3, 0.4) is 0 Å². The Morgan fingerprint density at radius 1 is 0.920 bits per heavy atom. The molecule has 0 saturated carbocycles. The maximum Gasteiger partial charge on any atom is 0.335 e. The van der Waals surface area contributed by atoms with Gasteiger partial charge in [0.1, 0.15) is 6.61 Å². The average molecular weight is 357 g/mol. The molecule has 0 bridgehead atoms. The lowest BCUT2D eigenvalue weighted by Crippen LogP contribution is -2.20. The van der Waals surface area contributed by atoms with Gasteiger partial charge >= 0.3 is 5.97 Å². The zero-order valence-corrected chi connectivity index (χ0v) is 13.9. The predicted molar refractivity (Wildman–Crippen MR) is 86.1 cm³/mol. The van der Waals surface area contributed by atoms with Crippen LogP contribution in [0.2, 0.25) is 0 Å². The maximum absolute atomic E-state index is 11.5. The van der Waals surface area contributed by atoms with Crippen LogP contribution in [0, 0.1) is 12.3 Å². The van der Waals surface area contributed by atoms with Crippen LogP contribution in [-0.2, 0) is 23.7 Å². The number of terminal acetylenes is 1. The van der Waals surface area contributed by atoms with Crippen molar-refractivity contribution in [3.8, 4) is 24.1 Å². The summed E-state index contributed by atoms with van der Waals surface area (Å²) in [7, 11) is 0. The van der Waals surface area contributed by atoms with Crippen molar-refractivity contribution in [2.45, 2.75) is 6.42 Å². The minimum atomic E-state index is -0.650. The summed E-state index contributed by atoms with van der Waals surface area (Å²) in [5.74, 6) is 0.967. The zero-order chi connectivity index (χ0) is 18.3. The Labute approximate surface area is 146 Å². The number of carbonyl (C=O) groups is 1. The number of ether oxygens (including phenoxy) is 4. The molecule has 0 unspecified atom stereocenters. The maximum atomic E-state index is 11.5. The van der Waals surface area contributed by atoms with E-state index >= 15 is 0 Å². The van der Waals surface area contributed by atoms with Crippen LogP contribution in [0.15, 0.2) is 12.1 Å². The second kappa shape index (κ2) is 13.1. The summed E-state index contributed by atoms with van der Waals surface area (Å²) >= 11 is 0. The van der Waals surface area contributed by atoms with Gasteiger partial charge in [-0.1, -0.05) is 5.92 Å². The molecule has 0 saturated heterocycles. The van der Waals surface area contributed by atoms with Crippen molar-refractivity contribution in [3.63, 3.8) is 0 Å². The zero-order valence-electron chi connectivity index (χ0n) is 13.9. The van der Waals surface area contributed by atoms with E-state index in [9.17, 15) is 15.0 Å². The molecule has 0 aliphatic rings. The van der Waals surface area contributed by atoms with E-state index in [2.05, 4.69) is 5.92 Å². The van der Waals surface area contributed by atoms with Crippen molar-refractivity contribution < 1.29 is 38.8 Å². The molecule has 1 rings (SSSR count). The van der Waals surface area contributed by atoms with Crippen LogP contribution in [-0.4, -0.2) is 73.8 Å². The molecule has 0 amide bonds. The quantitative estimate of drug-likeness (QED) is 0.352. The fourth-order valence-electron chi connectivity index (χ4n) is 1.59. The number of aromatic nitrogens is 1. The van der Waals surface area contributed by atoms with E-state index in [0.29, 0.717) is 44.4 Å². The first-order chi connectivity index (χ1) is 12.1. The normalized spacial score (nSPS) is 10.5. The molecule has 1 aromatic heterocycles. The number of nitrogens with zero attached hydrogens (tertiary/aromatic N) is 1. The van der Waals surface area contributed by atoms with Gasteiger partial charge in [0.05, 0.1) is 52.7 Å². The molecule has 9 nitrogen and oxygen atoms in total. The van der Waals surface area contributed by atoms with Crippen molar-refractivity contribution in [2.24, 2.45) is 0 Å². The molecule has 0 aliphatic carbocycles. The minimum absolute atomic E-state index is 0.0299. The number of hydrogen-bond donors (Lipinski definition) is 2. The van der Waals surface area contributed by atoms with Gasteiger partial charge in [-0.3, -0.25) is 0 Å². The molecule has 9 heteroatoms. The topological polar surface area (TPSA) is 109 Å². The monoisotopic (exact) mass is 357 g/mol. The van der Waals surface area contributed by atoms with E-state index in [0.717, 1.165) is 0 Å². The first-order valence-corrected chi connectivity index (χ1v) is 7.70. The van der Waals surface area contributed by atoms with Gasteiger partial charge in [-0.05, 0) is 0 Å². The van der Waals surface area contributed by atoms with Gasteiger partial charge in [0, 0.05) is 12.1 Å². The van der Waals surface area contributed by atoms with Gasteiger partial charge < -0.3 is 34.0 Å². The van der Waals surface area contributed by atoms with Gasteiger partial charge in [-0.15, -0.1) is 11.2 Å². The molecule has 0 spiro atoms. The SMILES string of the molecule is C#CCOCCOCCOCCOCCC(=O)On1c(O)ccc1O. The van der Waals surface area contributed by atoms with Gasteiger partial charge in [-0.25, -0.2) is 4.79 Å². The van der Waals surface area contributed by atoms with E-state index in [1.54, 1.807) is 0 Å². The lowest BCUT2D eigenvalue weighted by Gasteiger charge is -2.08. The molecule has 0 fully saturated rings. The molecule has 2 N–H and O–H groups in total. The average Bonchev–Trinajstić information content (AvgIpc) is 2.91. The Kier molecular flexibility index (Phi) is 10.9. The third-order valence-electron chi connectivity index (χ3n) is 2.74. The van der Waals surface area contributed by atoms with Crippen LogP contribution in [0.25, 0.3) is 0 Å². The molecule has 0 radical (unpaired) electrons. The Hall–Kier alpha value is -2.25. The van der Waals surface area contributed by atoms with Crippen molar-refractivity contribution in [1.29, 1.82) is 0 Å². The van der Waals surface area contributed by atoms with Crippen LogP contribution in [0.1, 0.15) is 6.42 Å². The second-order valence-corrected chi connectivity index (χ2v) is 4.65. The van der Waals surface area contributed by atoms with Crippen LogP contribution in [0.5, 0.6) is 11.8 Å². The molecule has 25 heavy (non-hydrogen) atoms. The van der Waals surface area contributed by atoms with Crippen molar-refractivity contribution in [3.05, 3.63) is 12.1 Å². The highest BCUT2D eigenvalue weighted by Crippen LogP contribution is 2.18. The fourth-order valence-corrected chi connectivity index (χ4v) is 1.59. The fraction of sp³-hybridized carbons (Fsp3) is 0.562. The number of carbonyl (C=O) groups excluding carboxylic acids is 1. The highest BCUT2D eigenvalue weighted by Gasteiger charge is 2.11. The Bertz CT molecular complexity index is 517. The van der Waals surface area contributed by atoms with E-state index in [4.69, 9.17) is 30.2 Å². The van der Waals surface area contributed by atoms with E-state index in [1.165, 1.54) is 12.1 Å². The van der Waals surface area contributed by atoms with Crippen molar-refractivity contribution in [1.82, 2.24) is 4.73 Å². The predicted octanol–water partition coefficient (Wildman–Crippen LogP) is -0.0558. The molecule has 0 aromatic carbocycles. The summed E-state index contributed by atoms with van der Waals surface area (Å²) in [5, 5.41) is 18.6. The van der Waals surface area contributed by atoms with Crippen LogP contribution < -0.4 is 4.84 Å². The smallest absolute Gasteiger partial charge is 0.335 e. The molecular weight excluding hydrogens is 334 g/mol. The summed E-state index contributed by atoms with van der Waals surface area (Å²) in [6, 6.07) is 2.40. The molecular formula is C16H23NO8. The lowest BCUT2D eigenvalue weighted by atomic mass is 10.5. The standard InChI is InChI=1S/C16H23NO8/c1-2-6-21-8-10-23-12-13-24-11-9-22-7-5-16(20)25-17-14(18)3-4-15(17)19/h1,3-4,18-19H,5-13H2. The number of hydrogen-bond acceptors (Lipinski definition) is 8. The van der Waals surface area contributed by atoms with Gasteiger partial charge in [0.25, 0.3) is 0 Å². The summed E-state index contributed by atoms with van der Waals surface area (Å²) in [6.45, 7) is 2.86. The van der Waals surface area contributed by atoms with Crippen molar-refractivity contribution >= 4 is 5.97 Å². The molecule has 1 aromatic rings. The first-order valence-electron chi connectivity index (χ1n) is 7.70. The van der Waals surface area contributed by atoms with Gasteiger partial charge in [-0.2, -0.15) is 0 Å². The second-order valence-electron chi connectivity index (χ2n) is 4.65. The first kappa shape index (κ1) is 20.8. The highest BCUT2D eigenvalue weighted by molar-refractivity contribution is 5.70. The highest BCUT2D eigenvalue weighted by atomic mass is 16.7. The third kappa shape index (κ3) is 9.59. The summed E-state index contributed by atoms with van der Waals surface area (Å²) < 4.78 is 21.4. The number of rotatable bonds is 14. The Balaban J connectivity index is 1.89. The third-order valence-corrected chi connectivity index (χ3v) is 2.74. The molecule has 140 valence electrons. The van der Waals surface area contributed by atoms with E-state index < -0.39 is 5.97 Å². The number of aromatic hydroxyl groups is 2. The van der Waals surface area contributed by atoms with Crippen LogP contribution in [0.4, 0.5) is 0 Å². The van der Waals surface area contributed by atoms with E-state index in [1.807, 2.05) is 0 Å². The van der Waals surface area contributed by atoms with Gasteiger partial charge in [0.15, 0.2) is 0 Å². The van der Waals surface area contributed by atoms with Crippen LogP contribution >= 0.6 is 0 Å². The molecule has 0 atom stereocenters. The Morgan fingerprint density at radius 2 is 1.40 bits per heavy atom. The Morgan fingerprint density at radius 3 is 1.92 bits per heavy atom. The lowest BCUT2D eigenvalue weighted by molar-refractivity contribution is -0.146. The van der Waals surface area contributed by atoms with Crippen molar-refractivity contribution in [2.75, 3.05) is 52.9 Å². The molecule has 1 heterocycles. The molecule has 0 aliphatic heterocycles. The largest absolute Gasteiger partial charge is 0.492 e.